The predicted molar refractivity (Wildman–Crippen MR) is 88.2 cm³/mol. The highest BCUT2D eigenvalue weighted by atomic mass is 16.5. The summed E-state index contributed by atoms with van der Waals surface area (Å²) >= 11 is 0. The number of nitrogens with zero attached hydrogens (tertiary/aromatic N) is 2. The van der Waals surface area contributed by atoms with Crippen molar-refractivity contribution in [3.05, 3.63) is 35.9 Å². The number of ether oxygens (including phenoxy) is 2. The molecule has 2 aromatic heterocycles. The fraction of sp³-hybridized carbons (Fsp3) is 0.438. The number of hydrogen-bond donors (Lipinski definition) is 2. The van der Waals surface area contributed by atoms with Crippen LogP contribution in [0.2, 0.25) is 0 Å². The molecule has 2 heterocycles. The van der Waals surface area contributed by atoms with Crippen molar-refractivity contribution in [3.63, 3.8) is 0 Å². The van der Waals surface area contributed by atoms with E-state index in [1.807, 2.05) is 0 Å². The molecule has 2 aromatic rings. The second-order valence-electron chi connectivity index (χ2n) is 5.09. The van der Waals surface area contributed by atoms with Crippen LogP contribution in [-0.4, -0.2) is 61.7 Å². The molecule has 0 saturated carbocycles. The Labute approximate surface area is 140 Å². The molecule has 0 unspecified atom stereocenters. The molecule has 0 fully saturated rings. The molecule has 0 atom stereocenters. The lowest BCUT2D eigenvalue weighted by Crippen LogP contribution is -2.29. The van der Waals surface area contributed by atoms with Crippen LogP contribution in [0.1, 0.15) is 27.5 Å². The van der Waals surface area contributed by atoms with Gasteiger partial charge < -0.3 is 20.1 Å². The molecule has 2 amide bonds. The zero-order valence-electron chi connectivity index (χ0n) is 13.9. The lowest BCUT2D eigenvalue weighted by atomic mass is 10.3. The lowest BCUT2D eigenvalue weighted by Gasteiger charge is -2.03. The first kappa shape index (κ1) is 17.9. The summed E-state index contributed by atoms with van der Waals surface area (Å²) in [6.07, 6.45) is 2.41. The predicted octanol–water partition coefficient (Wildman–Crippen LogP) is 0.477. The molecular weight excluding hydrogens is 312 g/mol. The summed E-state index contributed by atoms with van der Waals surface area (Å²) in [5, 5.41) is 5.49. The van der Waals surface area contributed by atoms with Crippen molar-refractivity contribution in [3.8, 4) is 0 Å². The number of aromatic nitrogens is 2. The third kappa shape index (κ3) is 4.30. The van der Waals surface area contributed by atoms with Crippen molar-refractivity contribution in [2.75, 3.05) is 40.5 Å². The van der Waals surface area contributed by atoms with E-state index in [9.17, 15) is 9.59 Å². The van der Waals surface area contributed by atoms with Crippen molar-refractivity contribution in [2.24, 2.45) is 0 Å². The molecule has 8 nitrogen and oxygen atoms in total. The van der Waals surface area contributed by atoms with Crippen molar-refractivity contribution in [1.82, 2.24) is 20.0 Å². The largest absolute Gasteiger partial charge is 0.385 e. The zero-order valence-corrected chi connectivity index (χ0v) is 13.9. The molecule has 0 bridgehead atoms. The second kappa shape index (κ2) is 8.99. The summed E-state index contributed by atoms with van der Waals surface area (Å²) in [6.45, 7) is 1.82. The highest BCUT2D eigenvalue weighted by Gasteiger charge is 2.20. The van der Waals surface area contributed by atoms with Crippen LogP contribution >= 0.6 is 0 Å². The van der Waals surface area contributed by atoms with Gasteiger partial charge in [0.2, 0.25) is 5.82 Å². The zero-order chi connectivity index (χ0) is 17.4. The molecule has 0 radical (unpaired) electrons. The molecule has 8 heteroatoms. The van der Waals surface area contributed by atoms with Gasteiger partial charge in [-0.1, -0.05) is 6.07 Å². The number of rotatable bonds is 9. The fourth-order valence-corrected chi connectivity index (χ4v) is 2.21. The number of pyridine rings is 1. The maximum absolute atomic E-state index is 12.3. The van der Waals surface area contributed by atoms with Crippen LogP contribution in [0.15, 0.2) is 24.4 Å². The Morgan fingerprint density at radius 2 is 1.83 bits per heavy atom. The molecule has 2 N–H and O–H groups in total. The van der Waals surface area contributed by atoms with E-state index in [1.54, 1.807) is 43.0 Å². The average molecular weight is 334 g/mol. The molecular formula is C16H22N4O4. The smallest absolute Gasteiger partial charge is 0.287 e. The number of imidazole rings is 1. The van der Waals surface area contributed by atoms with E-state index >= 15 is 0 Å². The van der Waals surface area contributed by atoms with Crippen LogP contribution in [0.5, 0.6) is 0 Å². The first-order valence-corrected chi connectivity index (χ1v) is 7.70. The SMILES string of the molecule is COCCCNC(=O)c1nc(C(=O)NCCOC)n2ccccc12. The van der Waals surface area contributed by atoms with E-state index in [2.05, 4.69) is 15.6 Å². The molecule has 0 aliphatic rings. The van der Waals surface area contributed by atoms with E-state index in [0.717, 1.165) is 0 Å². The van der Waals surface area contributed by atoms with Crippen molar-refractivity contribution >= 4 is 17.3 Å². The highest BCUT2D eigenvalue weighted by molar-refractivity contribution is 6.02. The van der Waals surface area contributed by atoms with E-state index in [0.29, 0.717) is 38.2 Å². The number of carbonyl (C=O) groups excluding carboxylic acids is 2. The molecule has 0 saturated heterocycles. The molecule has 0 aromatic carbocycles. The van der Waals surface area contributed by atoms with Crippen LogP contribution in [0.3, 0.4) is 0 Å². The van der Waals surface area contributed by atoms with Gasteiger partial charge in [0.05, 0.1) is 12.1 Å². The summed E-state index contributed by atoms with van der Waals surface area (Å²) < 4.78 is 11.5. The standard InChI is InChI=1S/C16H22N4O4/c1-23-10-5-7-17-15(21)13-12-6-3-4-9-20(12)14(19-13)16(22)18-8-11-24-2/h3-4,6,9H,5,7-8,10-11H2,1-2H3,(H,17,21)(H,18,22). The van der Waals surface area contributed by atoms with Crippen LogP contribution in [-0.2, 0) is 9.47 Å². The van der Waals surface area contributed by atoms with Crippen molar-refractivity contribution in [2.45, 2.75) is 6.42 Å². The second-order valence-corrected chi connectivity index (χ2v) is 5.09. The van der Waals surface area contributed by atoms with Gasteiger partial charge in [0.15, 0.2) is 5.69 Å². The van der Waals surface area contributed by atoms with Gasteiger partial charge in [-0.15, -0.1) is 0 Å². The summed E-state index contributed by atoms with van der Waals surface area (Å²) in [6, 6.07) is 5.33. The van der Waals surface area contributed by atoms with Gasteiger partial charge in [-0.2, -0.15) is 0 Å². The van der Waals surface area contributed by atoms with Gasteiger partial charge >= 0.3 is 0 Å². The van der Waals surface area contributed by atoms with E-state index in [-0.39, 0.29) is 23.3 Å². The Hall–Kier alpha value is -2.45. The normalized spacial score (nSPS) is 10.8. The molecule has 0 aliphatic carbocycles. The third-order valence-electron chi connectivity index (χ3n) is 3.37. The van der Waals surface area contributed by atoms with Crippen molar-refractivity contribution in [1.29, 1.82) is 0 Å². The number of carbonyl (C=O) groups is 2. The summed E-state index contributed by atoms with van der Waals surface area (Å²) in [5.41, 5.74) is 0.809. The summed E-state index contributed by atoms with van der Waals surface area (Å²) in [4.78, 5) is 28.8. The molecule has 2 rings (SSSR count). The summed E-state index contributed by atoms with van der Waals surface area (Å²) in [7, 11) is 3.17. The minimum Gasteiger partial charge on any atom is -0.385 e. The molecule has 0 spiro atoms. The maximum atomic E-state index is 12.3. The molecule has 130 valence electrons. The van der Waals surface area contributed by atoms with E-state index in [1.165, 1.54) is 0 Å². The van der Waals surface area contributed by atoms with Gasteiger partial charge in [0, 0.05) is 40.1 Å². The van der Waals surface area contributed by atoms with Crippen LogP contribution in [0.4, 0.5) is 0 Å². The lowest BCUT2D eigenvalue weighted by molar-refractivity contribution is 0.0926. The number of methoxy groups -OCH3 is 2. The van der Waals surface area contributed by atoms with Crippen LogP contribution in [0, 0.1) is 0 Å². The molecule has 0 aliphatic heterocycles. The molecule has 24 heavy (non-hydrogen) atoms. The van der Waals surface area contributed by atoms with E-state index in [4.69, 9.17) is 9.47 Å². The number of fused-ring (bicyclic) bond motifs is 1. The van der Waals surface area contributed by atoms with Gasteiger partial charge in [-0.25, -0.2) is 4.98 Å². The number of nitrogens with one attached hydrogen (secondary N) is 2. The van der Waals surface area contributed by atoms with Crippen LogP contribution in [0.25, 0.3) is 5.52 Å². The first-order valence-electron chi connectivity index (χ1n) is 7.70. The fourth-order valence-electron chi connectivity index (χ4n) is 2.21. The van der Waals surface area contributed by atoms with Gasteiger partial charge in [-0.3, -0.25) is 14.0 Å². The Morgan fingerprint density at radius 3 is 2.58 bits per heavy atom. The van der Waals surface area contributed by atoms with Gasteiger partial charge in [-0.05, 0) is 18.6 Å². The van der Waals surface area contributed by atoms with Gasteiger partial charge in [0.25, 0.3) is 11.8 Å². The minimum atomic E-state index is -0.355. The highest BCUT2D eigenvalue weighted by Crippen LogP contribution is 2.13. The summed E-state index contributed by atoms with van der Waals surface area (Å²) in [5.74, 6) is -0.499. The first-order chi connectivity index (χ1) is 11.7. The quantitative estimate of drug-likeness (QED) is 0.651. The monoisotopic (exact) mass is 334 g/mol. The maximum Gasteiger partial charge on any atom is 0.287 e. The Balaban J connectivity index is 2.18. The average Bonchev–Trinajstić information content (AvgIpc) is 2.98. The third-order valence-corrected chi connectivity index (χ3v) is 3.37. The van der Waals surface area contributed by atoms with Crippen molar-refractivity contribution < 1.29 is 19.1 Å². The Kier molecular flexibility index (Phi) is 6.71. The van der Waals surface area contributed by atoms with E-state index < -0.39 is 0 Å². The van der Waals surface area contributed by atoms with Crippen LogP contribution < -0.4 is 10.6 Å². The number of amides is 2. The number of hydrogen-bond acceptors (Lipinski definition) is 5. The van der Waals surface area contributed by atoms with Gasteiger partial charge in [0.1, 0.15) is 0 Å². The minimum absolute atomic E-state index is 0.170. The Morgan fingerprint density at radius 1 is 1.08 bits per heavy atom. The topological polar surface area (TPSA) is 94.0 Å². The Bertz CT molecular complexity index is 698.